The molecule has 2 N–H and O–H groups in total. The molecule has 0 aliphatic heterocycles. The molecule has 32 heavy (non-hydrogen) atoms. The highest BCUT2D eigenvalue weighted by molar-refractivity contribution is 6.35. The second-order valence-electron chi connectivity index (χ2n) is 7.32. The number of nitrogens with zero attached hydrogens (tertiary/aromatic N) is 3. The van der Waals surface area contributed by atoms with Gasteiger partial charge in [0, 0.05) is 34.7 Å². The molecular formula is C23H17Cl2N5O2. The Bertz CT molecular complexity index is 1300. The third-order valence-electron chi connectivity index (χ3n) is 5.21. The fourth-order valence-corrected chi connectivity index (χ4v) is 4.17. The van der Waals surface area contributed by atoms with E-state index in [2.05, 4.69) is 25.3 Å². The number of nitrogens with one attached hydrogen (secondary N) is 2. The van der Waals surface area contributed by atoms with Gasteiger partial charge in [-0.2, -0.15) is 0 Å². The van der Waals surface area contributed by atoms with Gasteiger partial charge in [0.05, 0.1) is 28.2 Å². The zero-order chi connectivity index (χ0) is 22.1. The molecule has 0 saturated heterocycles. The zero-order valence-electron chi connectivity index (χ0n) is 16.7. The lowest BCUT2D eigenvalue weighted by atomic mass is 10.0. The number of carbonyl (C=O) groups excluding carboxylic acids is 1. The van der Waals surface area contributed by atoms with E-state index in [0.29, 0.717) is 32.9 Å². The molecule has 1 aliphatic rings. The Morgan fingerprint density at radius 3 is 2.81 bits per heavy atom. The summed E-state index contributed by atoms with van der Waals surface area (Å²) in [6.45, 7) is 0. The topological polar surface area (TPSA) is 92.8 Å². The highest BCUT2D eigenvalue weighted by Crippen LogP contribution is 2.34. The van der Waals surface area contributed by atoms with Crippen LogP contribution in [0.15, 0.2) is 55.2 Å². The summed E-state index contributed by atoms with van der Waals surface area (Å²) in [5, 5.41) is 3.79. The van der Waals surface area contributed by atoms with Crippen LogP contribution in [-0.2, 0) is 12.8 Å². The Balaban J connectivity index is 1.35. The van der Waals surface area contributed by atoms with Crippen molar-refractivity contribution in [3.8, 4) is 22.9 Å². The Morgan fingerprint density at radius 1 is 1.09 bits per heavy atom. The first-order valence-electron chi connectivity index (χ1n) is 9.98. The first kappa shape index (κ1) is 20.5. The predicted molar refractivity (Wildman–Crippen MR) is 123 cm³/mol. The normalized spacial score (nSPS) is 12.4. The van der Waals surface area contributed by atoms with Gasteiger partial charge in [-0.15, -0.1) is 0 Å². The van der Waals surface area contributed by atoms with Crippen molar-refractivity contribution in [1.82, 2.24) is 19.9 Å². The van der Waals surface area contributed by atoms with Crippen LogP contribution in [0.25, 0.3) is 11.3 Å². The van der Waals surface area contributed by atoms with Crippen LogP contribution in [0.2, 0.25) is 10.0 Å². The molecule has 0 saturated carbocycles. The number of aromatic nitrogens is 4. The van der Waals surface area contributed by atoms with Crippen molar-refractivity contribution in [2.45, 2.75) is 19.3 Å². The molecule has 0 radical (unpaired) electrons. The smallest absolute Gasteiger partial charge is 0.257 e. The molecule has 4 aromatic rings. The van der Waals surface area contributed by atoms with Gasteiger partial charge in [-0.3, -0.25) is 4.79 Å². The number of anilines is 1. The molecule has 160 valence electrons. The highest BCUT2D eigenvalue weighted by atomic mass is 35.5. The average Bonchev–Trinajstić information content (AvgIpc) is 3.12. The van der Waals surface area contributed by atoms with Gasteiger partial charge in [0.25, 0.3) is 5.91 Å². The maximum absolute atomic E-state index is 13.1. The van der Waals surface area contributed by atoms with E-state index in [1.165, 1.54) is 12.5 Å². The number of amides is 1. The summed E-state index contributed by atoms with van der Waals surface area (Å²) >= 11 is 12.0. The largest absolute Gasteiger partial charge is 0.437 e. The van der Waals surface area contributed by atoms with Gasteiger partial charge < -0.3 is 15.0 Å². The minimum atomic E-state index is -0.245. The van der Waals surface area contributed by atoms with Gasteiger partial charge in [0.1, 0.15) is 12.1 Å². The Kier molecular flexibility index (Phi) is 5.51. The van der Waals surface area contributed by atoms with Gasteiger partial charge in [0.15, 0.2) is 0 Å². The first-order valence-corrected chi connectivity index (χ1v) is 10.7. The lowest BCUT2D eigenvalue weighted by Gasteiger charge is -2.10. The van der Waals surface area contributed by atoms with Crippen LogP contribution in [0.4, 0.5) is 5.69 Å². The summed E-state index contributed by atoms with van der Waals surface area (Å²) in [7, 11) is 0. The molecule has 1 aliphatic carbocycles. The molecular weight excluding hydrogens is 449 g/mol. The van der Waals surface area contributed by atoms with Crippen LogP contribution >= 0.6 is 23.2 Å². The number of hydrogen-bond acceptors (Lipinski definition) is 5. The minimum Gasteiger partial charge on any atom is -0.437 e. The van der Waals surface area contributed by atoms with Crippen molar-refractivity contribution in [3.05, 3.63) is 82.1 Å². The molecule has 0 unspecified atom stereocenters. The molecule has 1 aromatic carbocycles. The van der Waals surface area contributed by atoms with Crippen molar-refractivity contribution < 1.29 is 9.53 Å². The third-order valence-corrected chi connectivity index (χ3v) is 5.74. The molecule has 3 aromatic heterocycles. The summed E-state index contributed by atoms with van der Waals surface area (Å²) in [6.07, 6.45) is 9.28. The molecule has 0 spiro atoms. The van der Waals surface area contributed by atoms with Crippen LogP contribution in [-0.4, -0.2) is 25.8 Å². The molecule has 0 fully saturated rings. The molecule has 0 atom stereocenters. The van der Waals surface area contributed by atoms with Crippen molar-refractivity contribution in [3.63, 3.8) is 0 Å². The number of pyridine rings is 1. The van der Waals surface area contributed by atoms with E-state index in [4.69, 9.17) is 27.9 Å². The van der Waals surface area contributed by atoms with Crippen LogP contribution in [0, 0.1) is 0 Å². The number of carbonyl (C=O) groups is 1. The van der Waals surface area contributed by atoms with Gasteiger partial charge in [-0.25, -0.2) is 15.0 Å². The van der Waals surface area contributed by atoms with E-state index >= 15 is 0 Å². The van der Waals surface area contributed by atoms with Crippen LogP contribution in [0.1, 0.15) is 28.0 Å². The van der Waals surface area contributed by atoms with Gasteiger partial charge in [-0.05, 0) is 49.1 Å². The maximum atomic E-state index is 13.1. The molecule has 9 heteroatoms. The number of fused-ring (bicyclic) bond motifs is 3. The van der Waals surface area contributed by atoms with E-state index in [9.17, 15) is 4.79 Å². The van der Waals surface area contributed by atoms with Crippen molar-refractivity contribution in [1.29, 1.82) is 0 Å². The highest BCUT2D eigenvalue weighted by Gasteiger charge is 2.24. The van der Waals surface area contributed by atoms with Crippen molar-refractivity contribution >= 4 is 34.8 Å². The molecule has 0 bridgehead atoms. The summed E-state index contributed by atoms with van der Waals surface area (Å²) < 4.78 is 5.69. The van der Waals surface area contributed by atoms with Crippen molar-refractivity contribution in [2.24, 2.45) is 0 Å². The molecule has 5 rings (SSSR count). The quantitative estimate of drug-likeness (QED) is 0.402. The van der Waals surface area contributed by atoms with Crippen LogP contribution in [0.5, 0.6) is 11.6 Å². The number of hydrogen-bond donors (Lipinski definition) is 2. The molecule has 3 heterocycles. The van der Waals surface area contributed by atoms with Crippen LogP contribution < -0.4 is 10.1 Å². The minimum absolute atomic E-state index is 0.245. The van der Waals surface area contributed by atoms with Gasteiger partial charge in [0.2, 0.25) is 5.88 Å². The van der Waals surface area contributed by atoms with E-state index in [0.717, 1.165) is 41.8 Å². The molecule has 7 nitrogen and oxygen atoms in total. The van der Waals surface area contributed by atoms with E-state index in [-0.39, 0.29) is 5.91 Å². The Morgan fingerprint density at radius 2 is 2.00 bits per heavy atom. The number of halogens is 2. The molecule has 1 amide bonds. The Labute approximate surface area is 193 Å². The number of H-pyrrole nitrogens is 1. The summed E-state index contributed by atoms with van der Waals surface area (Å²) in [6, 6.07) is 8.31. The number of rotatable bonds is 4. The average molecular weight is 466 g/mol. The fraction of sp³-hybridized carbons (Fsp3) is 0.130. The number of benzene rings is 1. The second kappa shape index (κ2) is 8.61. The fourth-order valence-electron chi connectivity index (χ4n) is 3.72. The monoisotopic (exact) mass is 465 g/mol. The maximum Gasteiger partial charge on any atom is 0.257 e. The number of aromatic amines is 1. The van der Waals surface area contributed by atoms with E-state index in [1.807, 2.05) is 6.20 Å². The second-order valence-corrected chi connectivity index (χ2v) is 8.17. The number of aryl methyl sites for hydroxylation is 2. The lowest BCUT2D eigenvalue weighted by molar-refractivity contribution is 0.102. The first-order chi connectivity index (χ1) is 15.6. The summed E-state index contributed by atoms with van der Waals surface area (Å²) in [5.41, 5.74) is 4.77. The summed E-state index contributed by atoms with van der Waals surface area (Å²) in [4.78, 5) is 29.1. The Hall–Kier alpha value is -3.42. The van der Waals surface area contributed by atoms with Crippen molar-refractivity contribution in [2.75, 3.05) is 5.32 Å². The van der Waals surface area contributed by atoms with Crippen LogP contribution in [0.3, 0.4) is 0 Å². The van der Waals surface area contributed by atoms with E-state index in [1.54, 1.807) is 36.5 Å². The number of ether oxygens (including phenoxy) is 1. The lowest BCUT2D eigenvalue weighted by Crippen LogP contribution is -2.13. The van der Waals surface area contributed by atoms with Gasteiger partial charge >= 0.3 is 0 Å². The SMILES string of the molecule is O=C(Nc1ccc(Oc2ccc(Cl)cc2Cl)nc1)c1c[nH]c2c1-c1ncncc1CCC2. The van der Waals surface area contributed by atoms with Gasteiger partial charge in [-0.1, -0.05) is 23.2 Å². The predicted octanol–water partition coefficient (Wildman–Crippen LogP) is 5.71. The van der Waals surface area contributed by atoms with E-state index < -0.39 is 0 Å². The summed E-state index contributed by atoms with van der Waals surface area (Å²) in [5.74, 6) is 0.537. The third kappa shape index (κ3) is 4.04. The zero-order valence-corrected chi connectivity index (χ0v) is 18.2. The standard InChI is InChI=1S/C23H17Cl2N5O2/c24-14-4-6-19(17(25)8-14)32-20-7-5-15(10-28-20)30-23(31)16-11-27-18-3-1-2-13-9-26-12-29-22(13)21(16)18/h4-12,27H,1-3H2,(H,30,31).